The van der Waals surface area contributed by atoms with Crippen LogP contribution in [-0.2, 0) is 17.9 Å². The van der Waals surface area contributed by atoms with Gasteiger partial charge in [0.25, 0.3) is 0 Å². The quantitative estimate of drug-likeness (QED) is 0.523. The Morgan fingerprint density at radius 2 is 1.80 bits per heavy atom. The number of nitrogens with one attached hydrogen (secondary N) is 3. The molecular formula is C19H26N4OS. The fourth-order valence-electron chi connectivity index (χ4n) is 2.31. The number of carbonyl (C=O) groups excluding carboxylic acids is 1. The summed E-state index contributed by atoms with van der Waals surface area (Å²) >= 11 is 1.78. The van der Waals surface area contributed by atoms with E-state index >= 15 is 0 Å². The number of hydrogen-bond donors (Lipinski definition) is 3. The first-order valence-corrected chi connectivity index (χ1v) is 9.31. The molecule has 0 aliphatic heterocycles. The number of guanidine groups is 1. The molecule has 0 fully saturated rings. The van der Waals surface area contributed by atoms with E-state index < -0.39 is 0 Å². The van der Waals surface area contributed by atoms with Gasteiger partial charge >= 0.3 is 0 Å². The van der Waals surface area contributed by atoms with Crippen molar-refractivity contribution in [1.29, 1.82) is 0 Å². The Labute approximate surface area is 153 Å². The molecule has 0 atom stereocenters. The van der Waals surface area contributed by atoms with Gasteiger partial charge in [-0.1, -0.05) is 19.1 Å². The first kappa shape index (κ1) is 19.0. The number of nitrogens with zero attached hydrogens (tertiary/aromatic N) is 1. The van der Waals surface area contributed by atoms with Crippen molar-refractivity contribution in [1.82, 2.24) is 10.6 Å². The van der Waals surface area contributed by atoms with Crippen molar-refractivity contribution in [2.24, 2.45) is 4.99 Å². The minimum atomic E-state index is 0.0572. The minimum absolute atomic E-state index is 0.0572. The van der Waals surface area contributed by atoms with E-state index in [0.29, 0.717) is 13.0 Å². The van der Waals surface area contributed by atoms with Gasteiger partial charge in [-0.2, -0.15) is 0 Å². The van der Waals surface area contributed by atoms with Gasteiger partial charge in [-0.3, -0.25) is 9.79 Å². The van der Waals surface area contributed by atoms with Crippen LogP contribution in [0.3, 0.4) is 0 Å². The summed E-state index contributed by atoms with van der Waals surface area (Å²) in [4.78, 5) is 18.4. The van der Waals surface area contributed by atoms with E-state index in [1.807, 2.05) is 31.2 Å². The fraction of sp³-hybridized carbons (Fsp3) is 0.368. The average Bonchev–Trinajstić information content (AvgIpc) is 3.02. The number of rotatable bonds is 7. The van der Waals surface area contributed by atoms with Gasteiger partial charge in [-0.05, 0) is 43.2 Å². The first-order chi connectivity index (χ1) is 12.1. The van der Waals surface area contributed by atoms with E-state index in [9.17, 15) is 4.79 Å². The van der Waals surface area contributed by atoms with Crippen molar-refractivity contribution < 1.29 is 4.79 Å². The largest absolute Gasteiger partial charge is 0.352 e. The Kier molecular flexibility index (Phi) is 7.47. The molecule has 0 radical (unpaired) electrons. The predicted molar refractivity (Wildman–Crippen MR) is 106 cm³/mol. The Morgan fingerprint density at radius 1 is 1.08 bits per heavy atom. The van der Waals surface area contributed by atoms with E-state index in [1.165, 1.54) is 9.75 Å². The summed E-state index contributed by atoms with van der Waals surface area (Å²) in [6, 6.07) is 12.1. The molecule has 0 aliphatic carbocycles. The van der Waals surface area contributed by atoms with Gasteiger partial charge in [0, 0.05) is 35.5 Å². The molecule has 2 rings (SSSR count). The van der Waals surface area contributed by atoms with Gasteiger partial charge in [0.2, 0.25) is 5.91 Å². The molecular weight excluding hydrogens is 332 g/mol. The topological polar surface area (TPSA) is 65.5 Å². The number of anilines is 1. The second kappa shape index (κ2) is 9.84. The zero-order chi connectivity index (χ0) is 18.1. The number of hydrogen-bond acceptors (Lipinski definition) is 3. The van der Waals surface area contributed by atoms with E-state index in [0.717, 1.165) is 30.2 Å². The number of aliphatic imine (C=N–C) groups is 1. The molecule has 3 N–H and O–H groups in total. The molecule has 1 aromatic heterocycles. The second-order valence-electron chi connectivity index (χ2n) is 5.79. The van der Waals surface area contributed by atoms with Gasteiger partial charge in [-0.15, -0.1) is 11.3 Å². The highest BCUT2D eigenvalue weighted by molar-refractivity contribution is 7.11. The Hall–Kier alpha value is -2.34. The van der Waals surface area contributed by atoms with Crippen LogP contribution in [0.2, 0.25) is 0 Å². The van der Waals surface area contributed by atoms with Crippen molar-refractivity contribution in [3.8, 4) is 0 Å². The number of benzene rings is 1. The lowest BCUT2D eigenvalue weighted by Crippen LogP contribution is -2.36. The maximum Gasteiger partial charge on any atom is 0.224 e. The maximum atomic E-state index is 11.6. The molecule has 134 valence electrons. The van der Waals surface area contributed by atoms with Crippen molar-refractivity contribution in [3.63, 3.8) is 0 Å². The average molecular weight is 359 g/mol. The smallest absolute Gasteiger partial charge is 0.224 e. The van der Waals surface area contributed by atoms with E-state index in [2.05, 4.69) is 40.0 Å². The normalized spacial score (nSPS) is 11.2. The van der Waals surface area contributed by atoms with Gasteiger partial charge in [0.15, 0.2) is 5.96 Å². The Morgan fingerprint density at radius 3 is 2.40 bits per heavy atom. The number of thiophene rings is 1. The van der Waals surface area contributed by atoms with E-state index in [4.69, 9.17) is 0 Å². The summed E-state index contributed by atoms with van der Waals surface area (Å²) in [7, 11) is 1.77. The standard InChI is InChI=1S/C19H26N4OS/c1-4-5-18(24)23-16-9-7-15(8-10-16)12-21-19(20-3)22-13-17-11-6-14(2)25-17/h6-11H,4-5,12-13H2,1-3H3,(H,23,24)(H2,20,21,22). The number of amides is 1. The highest BCUT2D eigenvalue weighted by Crippen LogP contribution is 2.14. The highest BCUT2D eigenvalue weighted by Gasteiger charge is 2.03. The van der Waals surface area contributed by atoms with Gasteiger partial charge < -0.3 is 16.0 Å². The summed E-state index contributed by atoms with van der Waals surface area (Å²) in [5.41, 5.74) is 1.96. The van der Waals surface area contributed by atoms with Crippen LogP contribution >= 0.6 is 11.3 Å². The molecule has 0 aliphatic rings. The molecule has 2 aromatic rings. The third-order valence-electron chi connectivity index (χ3n) is 3.62. The molecule has 0 spiro atoms. The second-order valence-corrected chi connectivity index (χ2v) is 7.16. The molecule has 0 saturated heterocycles. The zero-order valence-corrected chi connectivity index (χ0v) is 15.9. The Bertz CT molecular complexity index is 706. The summed E-state index contributed by atoms with van der Waals surface area (Å²) in [5, 5.41) is 9.50. The van der Waals surface area contributed by atoms with Crippen LogP contribution in [0.15, 0.2) is 41.4 Å². The monoisotopic (exact) mass is 358 g/mol. The molecule has 0 unspecified atom stereocenters. The SMILES string of the molecule is CCCC(=O)Nc1ccc(CNC(=NC)NCc2ccc(C)s2)cc1. The molecule has 0 saturated carbocycles. The van der Waals surface area contributed by atoms with Gasteiger partial charge in [0.1, 0.15) is 0 Å². The molecule has 6 heteroatoms. The van der Waals surface area contributed by atoms with Crippen molar-refractivity contribution in [2.75, 3.05) is 12.4 Å². The van der Waals surface area contributed by atoms with E-state index in [-0.39, 0.29) is 5.91 Å². The third kappa shape index (κ3) is 6.58. The highest BCUT2D eigenvalue weighted by atomic mass is 32.1. The first-order valence-electron chi connectivity index (χ1n) is 8.49. The lowest BCUT2D eigenvalue weighted by atomic mass is 10.2. The third-order valence-corrected chi connectivity index (χ3v) is 4.63. The van der Waals surface area contributed by atoms with E-state index in [1.54, 1.807) is 18.4 Å². The van der Waals surface area contributed by atoms with Crippen LogP contribution in [0.25, 0.3) is 0 Å². The minimum Gasteiger partial charge on any atom is -0.352 e. The fourth-order valence-corrected chi connectivity index (χ4v) is 3.14. The van der Waals surface area contributed by atoms with Crippen molar-refractivity contribution >= 4 is 28.9 Å². The van der Waals surface area contributed by atoms with Gasteiger partial charge in [-0.25, -0.2) is 0 Å². The van der Waals surface area contributed by atoms with Crippen molar-refractivity contribution in [2.45, 2.75) is 39.8 Å². The van der Waals surface area contributed by atoms with Crippen LogP contribution in [0.5, 0.6) is 0 Å². The van der Waals surface area contributed by atoms with Crippen LogP contribution in [0.1, 0.15) is 35.1 Å². The summed E-state index contributed by atoms with van der Waals surface area (Å²) in [6.45, 7) is 5.54. The summed E-state index contributed by atoms with van der Waals surface area (Å²) < 4.78 is 0. The van der Waals surface area contributed by atoms with Crippen LogP contribution in [-0.4, -0.2) is 18.9 Å². The maximum absolute atomic E-state index is 11.6. The number of aryl methyl sites for hydroxylation is 1. The lowest BCUT2D eigenvalue weighted by Gasteiger charge is -2.12. The van der Waals surface area contributed by atoms with Gasteiger partial charge in [0.05, 0.1) is 6.54 Å². The predicted octanol–water partition coefficient (Wildman–Crippen LogP) is 3.66. The van der Waals surface area contributed by atoms with Crippen molar-refractivity contribution in [3.05, 3.63) is 51.7 Å². The molecule has 1 heterocycles. The summed E-state index contributed by atoms with van der Waals surface area (Å²) in [6.07, 6.45) is 1.40. The summed E-state index contributed by atoms with van der Waals surface area (Å²) in [5.74, 6) is 0.827. The van der Waals surface area contributed by atoms with Crippen LogP contribution in [0.4, 0.5) is 5.69 Å². The van der Waals surface area contributed by atoms with Crippen LogP contribution < -0.4 is 16.0 Å². The molecule has 1 amide bonds. The number of carbonyl (C=O) groups is 1. The molecule has 1 aromatic carbocycles. The molecule has 25 heavy (non-hydrogen) atoms. The van der Waals surface area contributed by atoms with Crippen LogP contribution in [0, 0.1) is 6.92 Å². The molecule has 0 bridgehead atoms. The lowest BCUT2D eigenvalue weighted by molar-refractivity contribution is -0.116. The Balaban J connectivity index is 1.79. The zero-order valence-electron chi connectivity index (χ0n) is 15.1. The molecule has 5 nitrogen and oxygen atoms in total.